The summed E-state index contributed by atoms with van der Waals surface area (Å²) in [5.41, 5.74) is 15.2. The maximum atomic E-state index is 5.80. The minimum absolute atomic E-state index is 0.401. The van der Waals surface area contributed by atoms with Crippen molar-refractivity contribution in [3.8, 4) is 11.3 Å². The molecule has 6 heteroatoms. The summed E-state index contributed by atoms with van der Waals surface area (Å²) in [6, 6.07) is 7.54. The number of pyridine rings is 2. The molecule has 0 aromatic carbocycles. The largest absolute Gasteiger partial charge is 0.384 e. The number of aromatic nitrogens is 4. The van der Waals surface area contributed by atoms with E-state index in [-0.39, 0.29) is 0 Å². The maximum absolute atomic E-state index is 5.80. The van der Waals surface area contributed by atoms with Gasteiger partial charge in [-0.05, 0) is 49.4 Å². The highest BCUT2D eigenvalue weighted by Crippen LogP contribution is 2.39. The molecule has 23 heavy (non-hydrogen) atoms. The average molecular weight is 308 g/mol. The standard InChI is InChI=1S/C17H20N6/c1-9-5-12(9)8-23-10(2)20-14-4-3-13(21-17(14)23)11-6-15(18)22-16(19)7-11/h3-4,6-7,9,12H,5,8H2,1-2H3,(H4,18,19,22). The number of rotatable bonds is 3. The number of hydrogen-bond acceptors (Lipinski definition) is 5. The van der Waals surface area contributed by atoms with E-state index in [0.717, 1.165) is 46.6 Å². The number of nitrogen functional groups attached to an aromatic ring is 2. The summed E-state index contributed by atoms with van der Waals surface area (Å²) in [7, 11) is 0. The van der Waals surface area contributed by atoms with Gasteiger partial charge in [0, 0.05) is 12.1 Å². The summed E-state index contributed by atoms with van der Waals surface area (Å²) in [6.45, 7) is 5.32. The molecule has 3 aromatic rings. The molecule has 0 spiro atoms. The van der Waals surface area contributed by atoms with Gasteiger partial charge in [0.2, 0.25) is 0 Å². The van der Waals surface area contributed by atoms with Gasteiger partial charge in [0.15, 0.2) is 5.65 Å². The molecule has 2 atom stereocenters. The first-order valence-corrected chi connectivity index (χ1v) is 7.88. The first kappa shape index (κ1) is 14.0. The normalized spacial score (nSPS) is 20.1. The second kappa shape index (κ2) is 4.94. The van der Waals surface area contributed by atoms with E-state index in [1.165, 1.54) is 6.42 Å². The van der Waals surface area contributed by atoms with Gasteiger partial charge in [-0.25, -0.2) is 15.0 Å². The van der Waals surface area contributed by atoms with Crippen molar-refractivity contribution < 1.29 is 0 Å². The van der Waals surface area contributed by atoms with E-state index in [4.69, 9.17) is 16.5 Å². The molecule has 4 N–H and O–H groups in total. The highest BCUT2D eigenvalue weighted by molar-refractivity contribution is 5.77. The lowest BCUT2D eigenvalue weighted by Gasteiger charge is -2.07. The predicted octanol–water partition coefficient (Wildman–Crippen LogP) is 2.62. The molecule has 0 bridgehead atoms. The van der Waals surface area contributed by atoms with Gasteiger partial charge in [0.05, 0.1) is 5.69 Å². The Hall–Kier alpha value is -2.63. The van der Waals surface area contributed by atoms with Crippen LogP contribution in [0.3, 0.4) is 0 Å². The molecule has 2 unspecified atom stereocenters. The van der Waals surface area contributed by atoms with E-state index in [1.807, 2.05) is 19.1 Å². The zero-order chi connectivity index (χ0) is 16.1. The van der Waals surface area contributed by atoms with Gasteiger partial charge in [-0.1, -0.05) is 6.92 Å². The van der Waals surface area contributed by atoms with E-state index < -0.39 is 0 Å². The molecule has 118 valence electrons. The third-order valence-corrected chi connectivity index (χ3v) is 4.64. The van der Waals surface area contributed by atoms with Crippen molar-refractivity contribution in [2.75, 3.05) is 11.5 Å². The SMILES string of the molecule is Cc1nc2ccc(-c3cc(N)nc(N)c3)nc2n1CC1CC1C. The Kier molecular flexibility index (Phi) is 3.01. The number of aryl methyl sites for hydroxylation is 1. The van der Waals surface area contributed by atoms with E-state index in [0.29, 0.717) is 11.6 Å². The Bertz CT molecular complexity index is 877. The number of imidazole rings is 1. The molecule has 0 amide bonds. The van der Waals surface area contributed by atoms with Gasteiger partial charge >= 0.3 is 0 Å². The summed E-state index contributed by atoms with van der Waals surface area (Å²) in [5, 5.41) is 0. The first-order chi connectivity index (χ1) is 11.0. The van der Waals surface area contributed by atoms with Crippen molar-refractivity contribution in [2.45, 2.75) is 26.8 Å². The Morgan fingerprint density at radius 3 is 2.48 bits per heavy atom. The molecule has 0 saturated heterocycles. The lowest BCUT2D eigenvalue weighted by atomic mass is 10.1. The summed E-state index contributed by atoms with van der Waals surface area (Å²) >= 11 is 0. The van der Waals surface area contributed by atoms with Gasteiger partial charge in [0.25, 0.3) is 0 Å². The third-order valence-electron chi connectivity index (χ3n) is 4.64. The highest BCUT2D eigenvalue weighted by atomic mass is 15.1. The zero-order valence-corrected chi connectivity index (χ0v) is 13.3. The molecule has 1 aliphatic carbocycles. The average Bonchev–Trinajstić information content (AvgIpc) is 3.10. The van der Waals surface area contributed by atoms with Crippen molar-refractivity contribution in [1.82, 2.24) is 19.5 Å². The van der Waals surface area contributed by atoms with Gasteiger partial charge < -0.3 is 16.0 Å². The minimum atomic E-state index is 0.401. The quantitative estimate of drug-likeness (QED) is 0.775. The van der Waals surface area contributed by atoms with Crippen LogP contribution in [0.25, 0.3) is 22.4 Å². The number of nitrogens with zero attached hydrogens (tertiary/aromatic N) is 4. The van der Waals surface area contributed by atoms with Crippen LogP contribution in [0.15, 0.2) is 24.3 Å². The Morgan fingerprint density at radius 1 is 1.13 bits per heavy atom. The summed E-state index contributed by atoms with van der Waals surface area (Å²) in [5.74, 6) is 3.35. The molecule has 1 saturated carbocycles. The number of fused-ring (bicyclic) bond motifs is 1. The van der Waals surface area contributed by atoms with Gasteiger partial charge in [0.1, 0.15) is 23.0 Å². The number of anilines is 2. The summed E-state index contributed by atoms with van der Waals surface area (Å²) in [4.78, 5) is 13.5. The monoisotopic (exact) mass is 308 g/mol. The Balaban J connectivity index is 1.81. The Labute approximate surface area is 134 Å². The molecule has 3 heterocycles. The molecule has 4 rings (SSSR count). The molecule has 1 aliphatic rings. The highest BCUT2D eigenvalue weighted by Gasteiger charge is 2.33. The van der Waals surface area contributed by atoms with Crippen LogP contribution in [0.5, 0.6) is 0 Å². The Morgan fingerprint density at radius 2 is 1.83 bits per heavy atom. The maximum Gasteiger partial charge on any atom is 0.160 e. The molecule has 1 fully saturated rings. The van der Waals surface area contributed by atoms with Crippen LogP contribution in [0, 0.1) is 18.8 Å². The minimum Gasteiger partial charge on any atom is -0.384 e. The molecule has 6 nitrogen and oxygen atoms in total. The second-order valence-electron chi connectivity index (χ2n) is 6.49. The lowest BCUT2D eigenvalue weighted by molar-refractivity contribution is 0.590. The lowest BCUT2D eigenvalue weighted by Crippen LogP contribution is -2.04. The molecular formula is C17H20N6. The van der Waals surface area contributed by atoms with Crippen LogP contribution < -0.4 is 11.5 Å². The van der Waals surface area contributed by atoms with Crippen molar-refractivity contribution in [1.29, 1.82) is 0 Å². The molecular weight excluding hydrogens is 288 g/mol. The van der Waals surface area contributed by atoms with Crippen molar-refractivity contribution in [2.24, 2.45) is 11.8 Å². The topological polar surface area (TPSA) is 95.6 Å². The zero-order valence-electron chi connectivity index (χ0n) is 13.3. The van der Waals surface area contributed by atoms with E-state index >= 15 is 0 Å². The summed E-state index contributed by atoms with van der Waals surface area (Å²) < 4.78 is 2.22. The predicted molar refractivity (Wildman–Crippen MR) is 91.6 cm³/mol. The fraction of sp³-hybridized carbons (Fsp3) is 0.353. The van der Waals surface area contributed by atoms with Crippen LogP contribution in [-0.4, -0.2) is 19.5 Å². The summed E-state index contributed by atoms with van der Waals surface area (Å²) in [6.07, 6.45) is 1.29. The van der Waals surface area contributed by atoms with Gasteiger partial charge in [-0.2, -0.15) is 0 Å². The van der Waals surface area contributed by atoms with Crippen LogP contribution >= 0.6 is 0 Å². The van der Waals surface area contributed by atoms with Gasteiger partial charge in [-0.15, -0.1) is 0 Å². The third kappa shape index (κ3) is 2.50. The number of nitrogens with two attached hydrogens (primary N) is 2. The van der Waals surface area contributed by atoms with Crippen molar-refractivity contribution in [3.63, 3.8) is 0 Å². The van der Waals surface area contributed by atoms with Crippen LogP contribution in [0.1, 0.15) is 19.2 Å². The first-order valence-electron chi connectivity index (χ1n) is 7.88. The smallest absolute Gasteiger partial charge is 0.160 e. The van der Waals surface area contributed by atoms with Gasteiger partial charge in [-0.3, -0.25) is 0 Å². The fourth-order valence-corrected chi connectivity index (χ4v) is 3.10. The van der Waals surface area contributed by atoms with Crippen molar-refractivity contribution >= 4 is 22.8 Å². The number of hydrogen-bond donors (Lipinski definition) is 2. The molecule has 3 aromatic heterocycles. The fourth-order valence-electron chi connectivity index (χ4n) is 3.10. The van der Waals surface area contributed by atoms with E-state index in [1.54, 1.807) is 12.1 Å². The van der Waals surface area contributed by atoms with Crippen LogP contribution in [-0.2, 0) is 6.54 Å². The van der Waals surface area contributed by atoms with Crippen LogP contribution in [0.2, 0.25) is 0 Å². The van der Waals surface area contributed by atoms with Crippen LogP contribution in [0.4, 0.5) is 11.6 Å². The molecule has 0 radical (unpaired) electrons. The molecule has 0 aliphatic heterocycles. The van der Waals surface area contributed by atoms with Crippen molar-refractivity contribution in [3.05, 3.63) is 30.1 Å². The second-order valence-corrected chi connectivity index (χ2v) is 6.49. The van der Waals surface area contributed by atoms with E-state index in [2.05, 4.69) is 21.5 Å². The van der Waals surface area contributed by atoms with E-state index in [9.17, 15) is 0 Å².